The van der Waals surface area contributed by atoms with Gasteiger partial charge in [-0.25, -0.2) is 0 Å². The van der Waals surface area contributed by atoms with Crippen molar-refractivity contribution in [2.75, 3.05) is 7.11 Å². The predicted octanol–water partition coefficient (Wildman–Crippen LogP) is 2.66. The Bertz CT molecular complexity index is 604. The molecule has 0 aliphatic carbocycles. The molecular weight excluding hydrogens is 290 g/mol. The van der Waals surface area contributed by atoms with Crippen LogP contribution in [0.15, 0.2) is 42.5 Å². The summed E-state index contributed by atoms with van der Waals surface area (Å²) in [6, 6.07) is 12.1. The average molecular weight is 308 g/mol. The molecule has 2 atom stereocenters. The minimum atomic E-state index is -0.766. The van der Waals surface area contributed by atoms with Crippen LogP contribution in [-0.4, -0.2) is 23.4 Å². The third kappa shape index (κ3) is 3.67. The maximum atomic E-state index is 10.3. The van der Waals surface area contributed by atoms with Gasteiger partial charge in [-0.05, 0) is 23.3 Å². The van der Waals surface area contributed by atoms with E-state index in [-0.39, 0.29) is 16.5 Å². The second-order valence-corrected chi connectivity index (χ2v) is 5.24. The molecule has 2 aromatic rings. The molecule has 0 saturated heterocycles. The van der Waals surface area contributed by atoms with Crippen LogP contribution in [0.4, 0.5) is 0 Å². The van der Waals surface area contributed by atoms with Gasteiger partial charge in [0.25, 0.3) is 0 Å². The zero-order valence-electron chi connectivity index (χ0n) is 11.7. The van der Waals surface area contributed by atoms with Gasteiger partial charge in [-0.2, -0.15) is 0 Å². The van der Waals surface area contributed by atoms with Gasteiger partial charge in [0.2, 0.25) is 0 Å². The van der Waals surface area contributed by atoms with Crippen LogP contribution in [0.2, 0.25) is 5.02 Å². The van der Waals surface area contributed by atoms with Crippen LogP contribution in [0.3, 0.4) is 0 Å². The van der Waals surface area contributed by atoms with Crippen LogP contribution in [0.25, 0.3) is 0 Å². The van der Waals surface area contributed by atoms with E-state index in [1.807, 2.05) is 30.3 Å². The average Bonchev–Trinajstić information content (AvgIpc) is 2.50. The Morgan fingerprint density at radius 2 is 1.90 bits per heavy atom. The first-order valence-corrected chi connectivity index (χ1v) is 6.94. The number of methoxy groups -OCH3 is 1. The molecule has 0 aliphatic rings. The zero-order chi connectivity index (χ0) is 15.4. The summed E-state index contributed by atoms with van der Waals surface area (Å²) in [4.78, 5) is 0. The maximum absolute atomic E-state index is 10.3. The number of aliphatic hydroxyl groups excluding tert-OH is 1. The molecule has 0 radical (unpaired) electrons. The summed E-state index contributed by atoms with van der Waals surface area (Å²) in [5.74, 6) is 0.104. The maximum Gasteiger partial charge on any atom is 0.176 e. The van der Waals surface area contributed by atoms with Crippen LogP contribution >= 0.6 is 11.6 Å². The van der Waals surface area contributed by atoms with Gasteiger partial charge < -0.3 is 20.7 Å². The summed E-state index contributed by atoms with van der Waals surface area (Å²) < 4.78 is 5.04. The quantitative estimate of drug-likeness (QED) is 0.794. The minimum Gasteiger partial charge on any atom is -0.503 e. The number of phenolic OH excluding ortho intramolecular Hbond substituents is 1. The normalized spacial score (nSPS) is 13.7. The molecule has 5 heteroatoms. The first-order chi connectivity index (χ1) is 10.0. The molecule has 0 unspecified atom stereocenters. The van der Waals surface area contributed by atoms with Crippen molar-refractivity contribution in [3.63, 3.8) is 0 Å². The largest absolute Gasteiger partial charge is 0.503 e. The Morgan fingerprint density at radius 3 is 2.52 bits per heavy atom. The lowest BCUT2D eigenvalue weighted by atomic mass is 9.96. The van der Waals surface area contributed by atoms with E-state index in [1.54, 1.807) is 6.07 Å². The topological polar surface area (TPSA) is 75.7 Å². The van der Waals surface area contributed by atoms with Crippen LogP contribution in [-0.2, 0) is 6.42 Å². The molecule has 0 aliphatic heterocycles. The number of hydrogen-bond donors (Lipinski definition) is 3. The number of aromatic hydroxyl groups is 1. The Hall–Kier alpha value is -1.75. The van der Waals surface area contributed by atoms with Gasteiger partial charge in [-0.15, -0.1) is 0 Å². The number of aliphatic hydroxyl groups is 1. The lowest BCUT2D eigenvalue weighted by molar-refractivity contribution is 0.145. The van der Waals surface area contributed by atoms with Crippen molar-refractivity contribution in [1.82, 2.24) is 0 Å². The van der Waals surface area contributed by atoms with E-state index in [2.05, 4.69) is 0 Å². The number of hydrogen-bond acceptors (Lipinski definition) is 4. The molecule has 4 nitrogen and oxygen atoms in total. The summed E-state index contributed by atoms with van der Waals surface area (Å²) in [6.07, 6.45) is -0.333. The molecular formula is C16H18ClNO3. The molecule has 21 heavy (non-hydrogen) atoms. The smallest absolute Gasteiger partial charge is 0.176 e. The molecule has 0 fully saturated rings. The molecule has 2 aromatic carbocycles. The third-order valence-electron chi connectivity index (χ3n) is 3.36. The van der Waals surface area contributed by atoms with E-state index in [0.717, 1.165) is 5.56 Å². The number of rotatable bonds is 5. The highest BCUT2D eigenvalue weighted by Gasteiger charge is 2.20. The first kappa shape index (κ1) is 15.6. The highest BCUT2D eigenvalue weighted by Crippen LogP contribution is 2.36. The summed E-state index contributed by atoms with van der Waals surface area (Å²) in [7, 11) is 1.43. The Morgan fingerprint density at radius 1 is 1.24 bits per heavy atom. The van der Waals surface area contributed by atoms with E-state index in [1.165, 1.54) is 13.2 Å². The number of nitrogens with two attached hydrogens (primary N) is 1. The Balaban J connectivity index is 2.19. The third-order valence-corrected chi connectivity index (χ3v) is 3.65. The van der Waals surface area contributed by atoms with Gasteiger partial charge in [-0.1, -0.05) is 41.9 Å². The van der Waals surface area contributed by atoms with Gasteiger partial charge in [0, 0.05) is 6.42 Å². The Labute approximate surface area is 128 Å². The van der Waals surface area contributed by atoms with Crippen molar-refractivity contribution < 1.29 is 14.9 Å². The highest BCUT2D eigenvalue weighted by atomic mass is 35.5. The summed E-state index contributed by atoms with van der Waals surface area (Å²) in [5, 5.41) is 20.1. The van der Waals surface area contributed by atoms with Gasteiger partial charge in [0.15, 0.2) is 11.5 Å². The molecule has 4 N–H and O–H groups in total. The lowest BCUT2D eigenvalue weighted by Gasteiger charge is -2.20. The number of benzene rings is 2. The van der Waals surface area contributed by atoms with Crippen molar-refractivity contribution in [3.05, 3.63) is 58.6 Å². The second kappa shape index (κ2) is 6.80. The number of ether oxygens (including phenoxy) is 1. The van der Waals surface area contributed by atoms with Gasteiger partial charge >= 0.3 is 0 Å². The fraction of sp³-hybridized carbons (Fsp3) is 0.250. The summed E-state index contributed by atoms with van der Waals surface area (Å²) >= 11 is 5.94. The Kier molecular flexibility index (Phi) is 5.07. The van der Waals surface area contributed by atoms with Crippen LogP contribution in [0.5, 0.6) is 11.5 Å². The van der Waals surface area contributed by atoms with E-state index in [0.29, 0.717) is 12.0 Å². The van der Waals surface area contributed by atoms with Crippen molar-refractivity contribution in [2.45, 2.75) is 18.6 Å². The lowest BCUT2D eigenvalue weighted by Crippen LogP contribution is -2.28. The van der Waals surface area contributed by atoms with Crippen LogP contribution in [0, 0.1) is 0 Å². The SMILES string of the molecule is COc1cc([C@H](N)[C@H](O)Cc2ccccc2)cc(Cl)c1O. The van der Waals surface area contributed by atoms with Crippen molar-refractivity contribution in [2.24, 2.45) is 5.73 Å². The van der Waals surface area contributed by atoms with E-state index in [4.69, 9.17) is 22.1 Å². The van der Waals surface area contributed by atoms with Crippen LogP contribution in [0.1, 0.15) is 17.2 Å². The molecule has 0 spiro atoms. The number of phenols is 1. The molecule has 2 rings (SSSR count). The molecule has 0 amide bonds. The fourth-order valence-electron chi connectivity index (χ4n) is 2.15. The standard InChI is InChI=1S/C16H18ClNO3/c1-21-14-9-11(8-12(17)16(14)20)15(18)13(19)7-10-5-3-2-4-6-10/h2-6,8-9,13,15,19-20H,7,18H2,1H3/t13-,15+/m1/s1. The van der Waals surface area contributed by atoms with Crippen molar-refractivity contribution >= 4 is 11.6 Å². The molecule has 112 valence electrons. The van der Waals surface area contributed by atoms with Gasteiger partial charge in [-0.3, -0.25) is 0 Å². The van der Waals surface area contributed by atoms with E-state index < -0.39 is 12.1 Å². The molecule has 0 aromatic heterocycles. The number of halogens is 1. The first-order valence-electron chi connectivity index (χ1n) is 6.57. The summed E-state index contributed by atoms with van der Waals surface area (Å²) in [5.41, 5.74) is 7.69. The van der Waals surface area contributed by atoms with Crippen molar-refractivity contribution in [1.29, 1.82) is 0 Å². The van der Waals surface area contributed by atoms with Gasteiger partial charge in [0.1, 0.15) is 0 Å². The predicted molar refractivity (Wildman–Crippen MR) is 82.8 cm³/mol. The summed E-state index contributed by atoms with van der Waals surface area (Å²) in [6.45, 7) is 0. The van der Waals surface area contributed by atoms with Gasteiger partial charge in [0.05, 0.1) is 24.3 Å². The monoisotopic (exact) mass is 307 g/mol. The van der Waals surface area contributed by atoms with Crippen molar-refractivity contribution in [3.8, 4) is 11.5 Å². The molecule has 0 bridgehead atoms. The van der Waals surface area contributed by atoms with Crippen LogP contribution < -0.4 is 10.5 Å². The van der Waals surface area contributed by atoms with E-state index >= 15 is 0 Å². The zero-order valence-corrected chi connectivity index (χ0v) is 12.4. The minimum absolute atomic E-state index is 0.132. The fourth-order valence-corrected chi connectivity index (χ4v) is 2.37. The highest BCUT2D eigenvalue weighted by molar-refractivity contribution is 6.32. The van der Waals surface area contributed by atoms with E-state index in [9.17, 15) is 10.2 Å². The molecule has 0 heterocycles. The molecule has 0 saturated carbocycles. The second-order valence-electron chi connectivity index (χ2n) is 4.84.